The highest BCUT2D eigenvalue weighted by Crippen LogP contribution is 2.45. The van der Waals surface area contributed by atoms with Crippen LogP contribution in [0.1, 0.15) is 45.1 Å². The van der Waals surface area contributed by atoms with E-state index in [9.17, 15) is 0 Å². The molecule has 0 atom stereocenters. The van der Waals surface area contributed by atoms with Crippen molar-refractivity contribution < 1.29 is 42.9 Å². The Morgan fingerprint density at radius 3 is 2.25 bits per heavy atom. The number of fused-ring (bicyclic) bond motifs is 1. The smallest absolute Gasteiger partial charge is 0.466 e. The zero-order valence-electron chi connectivity index (χ0n) is 23.7. The van der Waals surface area contributed by atoms with E-state index in [2.05, 4.69) is 17.2 Å². The second-order valence-electron chi connectivity index (χ2n) is 9.11. The molecular formula is C26H40N3O9PS. The molecule has 14 heteroatoms. The van der Waals surface area contributed by atoms with E-state index in [-0.39, 0.29) is 0 Å². The summed E-state index contributed by atoms with van der Waals surface area (Å²) in [4.78, 5) is 25.1. The molecule has 0 aliphatic carbocycles. The summed E-state index contributed by atoms with van der Waals surface area (Å²) in [5.41, 5.74) is 3.84. The molecule has 224 valence electrons. The van der Waals surface area contributed by atoms with Gasteiger partial charge in [0, 0.05) is 37.8 Å². The fourth-order valence-corrected chi connectivity index (χ4v) is 5.67. The number of aromatic nitrogens is 2. The van der Waals surface area contributed by atoms with Crippen molar-refractivity contribution in [1.29, 1.82) is 0 Å². The molecule has 1 aromatic carbocycles. The van der Waals surface area contributed by atoms with Gasteiger partial charge in [-0.1, -0.05) is 13.3 Å². The van der Waals surface area contributed by atoms with Gasteiger partial charge in [-0.15, -0.1) is 16.4 Å². The van der Waals surface area contributed by atoms with E-state index in [0.29, 0.717) is 25.1 Å². The van der Waals surface area contributed by atoms with Crippen molar-refractivity contribution in [3.8, 4) is 28.6 Å². The molecule has 1 aliphatic rings. The molecule has 2 aromatic heterocycles. The monoisotopic (exact) mass is 601 g/mol. The molecule has 1 fully saturated rings. The minimum absolute atomic E-state index is 0.407. The van der Waals surface area contributed by atoms with Gasteiger partial charge < -0.3 is 43.3 Å². The quantitative estimate of drug-likeness (QED) is 0.253. The zero-order valence-corrected chi connectivity index (χ0v) is 25.4. The molecule has 3 aromatic rings. The van der Waals surface area contributed by atoms with Gasteiger partial charge in [-0.2, -0.15) is 0 Å². The van der Waals surface area contributed by atoms with E-state index in [1.54, 1.807) is 32.7 Å². The number of nitrogens with zero attached hydrogens (tertiary/aromatic N) is 3. The predicted molar refractivity (Wildman–Crippen MR) is 154 cm³/mol. The summed E-state index contributed by atoms with van der Waals surface area (Å²) in [6.07, 6.45) is 4.25. The van der Waals surface area contributed by atoms with Crippen LogP contribution in [0, 0.1) is 0 Å². The molecule has 4 rings (SSSR count). The molecule has 0 unspecified atom stereocenters. The molecule has 1 saturated heterocycles. The summed E-state index contributed by atoms with van der Waals surface area (Å²) in [6.45, 7) is 7.90. The first kappa shape index (κ1) is 32.1. The largest absolute Gasteiger partial charge is 0.496 e. The lowest BCUT2D eigenvalue weighted by Crippen LogP contribution is -2.40. The summed E-state index contributed by atoms with van der Waals surface area (Å²) >= 11 is 1.67. The van der Waals surface area contributed by atoms with Crippen LogP contribution >= 0.6 is 19.2 Å². The van der Waals surface area contributed by atoms with Crippen LogP contribution in [0.25, 0.3) is 16.1 Å². The average molecular weight is 602 g/mol. The Labute approximate surface area is 238 Å². The number of thiazole rings is 1. The molecule has 40 heavy (non-hydrogen) atoms. The van der Waals surface area contributed by atoms with Gasteiger partial charge in [-0.3, -0.25) is 0 Å². The van der Waals surface area contributed by atoms with E-state index in [1.165, 1.54) is 0 Å². The number of rotatable bonds is 12. The molecule has 0 amide bonds. The first-order valence-corrected chi connectivity index (χ1v) is 15.6. The molecule has 3 N–H and O–H groups in total. The van der Waals surface area contributed by atoms with Crippen molar-refractivity contribution in [1.82, 2.24) is 9.61 Å². The number of hydrogen-bond donors (Lipinski definition) is 3. The summed E-state index contributed by atoms with van der Waals surface area (Å²) in [6, 6.07) is 4.42. The Hall–Kier alpha value is -2.38. The lowest BCUT2D eigenvalue weighted by molar-refractivity contribution is 0.0843. The van der Waals surface area contributed by atoms with E-state index >= 15 is 0 Å². The normalized spacial score (nSPS) is 14.1. The van der Waals surface area contributed by atoms with Gasteiger partial charge in [0.05, 0.1) is 39.2 Å². The predicted octanol–water partition coefficient (Wildman–Crippen LogP) is 4.48. The van der Waals surface area contributed by atoms with E-state index in [1.807, 2.05) is 23.6 Å². The Kier molecular flexibility index (Phi) is 12.1. The fourth-order valence-electron chi connectivity index (χ4n) is 4.68. The molecule has 0 spiro atoms. The van der Waals surface area contributed by atoms with Crippen LogP contribution in [0.4, 0.5) is 5.69 Å². The molecule has 3 heterocycles. The number of unbranched alkanes of at least 4 members (excludes halogenated alkanes) is 1. The van der Waals surface area contributed by atoms with Crippen LogP contribution in [0.5, 0.6) is 17.4 Å². The molecule has 0 radical (unpaired) electrons. The minimum Gasteiger partial charge on any atom is -0.496 e. The number of ether oxygens (including phenoxy) is 5. The Morgan fingerprint density at radius 1 is 1.10 bits per heavy atom. The fraction of sp³-hybridized carbons (Fsp3) is 0.577. The zero-order chi connectivity index (χ0) is 29.3. The first-order chi connectivity index (χ1) is 19.2. The van der Waals surface area contributed by atoms with E-state index in [0.717, 1.165) is 84.3 Å². The highest BCUT2D eigenvalue weighted by atomic mass is 32.1. The molecule has 12 nitrogen and oxygen atoms in total. The van der Waals surface area contributed by atoms with E-state index < -0.39 is 7.82 Å². The third kappa shape index (κ3) is 8.10. The summed E-state index contributed by atoms with van der Waals surface area (Å²) in [5.74, 6) is 2.09. The summed E-state index contributed by atoms with van der Waals surface area (Å²) in [7, 11) is 0.416. The maximum Gasteiger partial charge on any atom is 0.466 e. The number of phosphoric acid groups is 1. The maximum absolute atomic E-state index is 8.88. The molecular weight excluding hydrogens is 561 g/mol. The van der Waals surface area contributed by atoms with Crippen molar-refractivity contribution in [2.45, 2.75) is 52.2 Å². The lowest BCUT2D eigenvalue weighted by Gasteiger charge is -2.35. The van der Waals surface area contributed by atoms with Gasteiger partial charge in [0.2, 0.25) is 0 Å². The Morgan fingerprint density at radius 2 is 1.73 bits per heavy atom. The Bertz CT molecular complexity index is 1240. The molecule has 0 saturated carbocycles. The standard InChI is InChI=1S/C26H37N3O5S.H3O4P/c1-6-8-11-28(19-9-12-34-13-10-19)24-25(32-5)27-29-20(17-35-26(24)29)23-21(30-3)14-18(16-33-7-2)15-22(23)31-4;1-5(2,3)4/h14-15,17,19H,6-13,16H2,1-5H3;(H3,1,2,3,4). The minimum atomic E-state index is -4.64. The average Bonchev–Trinajstić information content (AvgIpc) is 3.50. The number of benzene rings is 1. The van der Waals surface area contributed by atoms with Crippen molar-refractivity contribution in [2.24, 2.45) is 0 Å². The van der Waals surface area contributed by atoms with Crippen LogP contribution in [0.2, 0.25) is 0 Å². The SMILES string of the molecule is CCCCN(c1c(OC)nn2c(-c3c(OC)cc(COCC)cc3OC)csc12)C1CCOCC1.O=P(O)(O)O. The lowest BCUT2D eigenvalue weighted by atomic mass is 10.1. The number of anilines is 1. The van der Waals surface area contributed by atoms with Gasteiger partial charge in [0.25, 0.3) is 5.88 Å². The maximum atomic E-state index is 8.88. The third-order valence-corrected chi connectivity index (χ3v) is 7.39. The van der Waals surface area contributed by atoms with Crippen molar-refractivity contribution in [2.75, 3.05) is 52.6 Å². The second kappa shape index (κ2) is 15.0. The summed E-state index contributed by atoms with van der Waals surface area (Å²) in [5, 5.41) is 7.03. The molecule has 1 aliphatic heterocycles. The van der Waals surface area contributed by atoms with Crippen LogP contribution in [0.3, 0.4) is 0 Å². The van der Waals surface area contributed by atoms with Crippen LogP contribution in [0.15, 0.2) is 17.5 Å². The van der Waals surface area contributed by atoms with Gasteiger partial charge in [0.1, 0.15) is 22.0 Å². The van der Waals surface area contributed by atoms with Crippen LogP contribution < -0.4 is 19.1 Å². The number of methoxy groups -OCH3 is 3. The van der Waals surface area contributed by atoms with Crippen molar-refractivity contribution in [3.63, 3.8) is 0 Å². The van der Waals surface area contributed by atoms with Crippen LogP contribution in [-0.4, -0.2) is 78.0 Å². The van der Waals surface area contributed by atoms with Gasteiger partial charge in [0.15, 0.2) is 0 Å². The highest BCUT2D eigenvalue weighted by Gasteiger charge is 2.30. The second-order valence-corrected chi connectivity index (χ2v) is 11.0. The van der Waals surface area contributed by atoms with Gasteiger partial charge >= 0.3 is 7.82 Å². The summed E-state index contributed by atoms with van der Waals surface area (Å²) < 4.78 is 39.6. The first-order valence-electron chi connectivity index (χ1n) is 13.2. The number of hydrogen-bond acceptors (Lipinski definition) is 9. The van der Waals surface area contributed by atoms with E-state index in [4.69, 9.17) is 48.0 Å². The third-order valence-electron chi connectivity index (χ3n) is 6.46. The Balaban J connectivity index is 0.000000810. The topological polar surface area (TPSA) is 144 Å². The van der Waals surface area contributed by atoms with Crippen LogP contribution in [-0.2, 0) is 20.6 Å². The highest BCUT2D eigenvalue weighted by molar-refractivity contribution is 7.45. The van der Waals surface area contributed by atoms with Crippen molar-refractivity contribution in [3.05, 3.63) is 23.1 Å². The van der Waals surface area contributed by atoms with Gasteiger partial charge in [-0.05, 0) is 43.9 Å². The van der Waals surface area contributed by atoms with Crippen molar-refractivity contribution >= 4 is 29.7 Å². The molecule has 0 bridgehead atoms. The van der Waals surface area contributed by atoms with Gasteiger partial charge in [-0.25, -0.2) is 9.08 Å².